The molecule has 5 aliphatic rings. The number of fused-ring (bicyclic) bond motifs is 7. The number of rotatable bonds is 0. The fraction of sp³-hybridized carbons (Fsp3) is 0.621. The summed E-state index contributed by atoms with van der Waals surface area (Å²) in [7, 11) is 0. The van der Waals surface area contributed by atoms with Crippen molar-refractivity contribution in [2.45, 2.75) is 86.4 Å². The van der Waals surface area contributed by atoms with Gasteiger partial charge in [0.25, 0.3) is 0 Å². The van der Waals surface area contributed by atoms with E-state index in [-0.39, 0.29) is 39.1 Å². The molecular formula is C29H38O4. The molecule has 5 aliphatic carbocycles. The Morgan fingerprint density at radius 2 is 1.61 bits per heavy atom. The largest absolute Gasteiger partial charge is 0.504 e. The van der Waals surface area contributed by atoms with Crippen molar-refractivity contribution in [1.82, 2.24) is 0 Å². The number of ketones is 1. The van der Waals surface area contributed by atoms with Crippen LogP contribution in [0.5, 0.6) is 0 Å². The van der Waals surface area contributed by atoms with Gasteiger partial charge in [-0.3, -0.25) is 4.79 Å². The summed E-state index contributed by atoms with van der Waals surface area (Å²) in [4.78, 5) is 12.6. The molecule has 0 aliphatic heterocycles. The lowest BCUT2D eigenvalue weighted by Gasteiger charge is -2.65. The van der Waals surface area contributed by atoms with Crippen molar-refractivity contribution in [3.8, 4) is 0 Å². The van der Waals surface area contributed by atoms with Crippen LogP contribution in [0.3, 0.4) is 0 Å². The SMILES string of the molecule is CC1=C2C3=CC=C4C(=CC(=O)C(O)=C4C)[C@]3(C)CC[C@@]2(C)[C@@H]2CC(C)(C)[C@@H](O)[C@@H](O)[C@]2(C)C1. The first kappa shape index (κ1) is 22.9. The van der Waals surface area contributed by atoms with E-state index in [4.69, 9.17) is 0 Å². The Morgan fingerprint density at radius 3 is 2.27 bits per heavy atom. The van der Waals surface area contributed by atoms with Gasteiger partial charge in [-0.25, -0.2) is 0 Å². The quantitative estimate of drug-likeness (QED) is 0.456. The predicted molar refractivity (Wildman–Crippen MR) is 129 cm³/mol. The van der Waals surface area contributed by atoms with Crippen LogP contribution < -0.4 is 0 Å². The molecular weight excluding hydrogens is 412 g/mol. The summed E-state index contributed by atoms with van der Waals surface area (Å²) in [6, 6.07) is 0. The third-order valence-corrected chi connectivity index (χ3v) is 10.3. The zero-order chi connectivity index (χ0) is 24.3. The number of allylic oxidation sites excluding steroid dienone is 9. The van der Waals surface area contributed by atoms with Gasteiger partial charge in [0.1, 0.15) is 0 Å². The highest BCUT2D eigenvalue weighted by Crippen LogP contribution is 2.70. The van der Waals surface area contributed by atoms with Crippen LogP contribution in [-0.2, 0) is 4.79 Å². The number of hydrogen-bond acceptors (Lipinski definition) is 4. The summed E-state index contributed by atoms with van der Waals surface area (Å²) >= 11 is 0. The van der Waals surface area contributed by atoms with E-state index in [0.29, 0.717) is 5.57 Å². The Balaban J connectivity index is 1.71. The fourth-order valence-corrected chi connectivity index (χ4v) is 8.31. The van der Waals surface area contributed by atoms with Gasteiger partial charge in [-0.15, -0.1) is 0 Å². The van der Waals surface area contributed by atoms with Gasteiger partial charge in [0.15, 0.2) is 5.76 Å². The highest BCUT2D eigenvalue weighted by molar-refractivity contribution is 6.06. The van der Waals surface area contributed by atoms with Crippen molar-refractivity contribution >= 4 is 5.78 Å². The number of hydrogen-bond donors (Lipinski definition) is 3. The maximum absolute atomic E-state index is 12.6. The summed E-state index contributed by atoms with van der Waals surface area (Å²) in [5.74, 6) is -0.198. The summed E-state index contributed by atoms with van der Waals surface area (Å²) in [6.45, 7) is 15.0. The predicted octanol–water partition coefficient (Wildman–Crippen LogP) is 5.49. The van der Waals surface area contributed by atoms with Crippen LogP contribution in [-0.4, -0.2) is 33.3 Å². The summed E-state index contributed by atoms with van der Waals surface area (Å²) in [6.07, 6.45) is 7.95. The number of carbonyl (C=O) groups excluding carboxylic acids is 1. The van der Waals surface area contributed by atoms with Crippen molar-refractivity contribution in [3.63, 3.8) is 0 Å². The van der Waals surface area contributed by atoms with Gasteiger partial charge < -0.3 is 15.3 Å². The molecule has 0 heterocycles. The first-order valence-electron chi connectivity index (χ1n) is 12.3. The third kappa shape index (κ3) is 2.68. The molecule has 3 N–H and O–H groups in total. The van der Waals surface area contributed by atoms with Crippen LogP contribution in [0.15, 0.2) is 57.4 Å². The molecule has 5 rings (SSSR count). The molecule has 0 aromatic carbocycles. The van der Waals surface area contributed by atoms with E-state index in [1.54, 1.807) is 6.08 Å². The molecule has 0 radical (unpaired) electrons. The fourth-order valence-electron chi connectivity index (χ4n) is 8.31. The minimum Gasteiger partial charge on any atom is -0.504 e. The van der Waals surface area contributed by atoms with Gasteiger partial charge in [-0.1, -0.05) is 52.3 Å². The summed E-state index contributed by atoms with van der Waals surface area (Å²) in [5, 5.41) is 32.6. The van der Waals surface area contributed by atoms with Crippen LogP contribution >= 0.6 is 0 Å². The molecule has 2 saturated carbocycles. The van der Waals surface area contributed by atoms with Gasteiger partial charge in [0.05, 0.1) is 12.2 Å². The highest BCUT2D eigenvalue weighted by atomic mass is 16.3. The van der Waals surface area contributed by atoms with Crippen LogP contribution in [0.25, 0.3) is 0 Å². The summed E-state index contributed by atoms with van der Waals surface area (Å²) < 4.78 is 0. The molecule has 4 nitrogen and oxygen atoms in total. The van der Waals surface area contributed by atoms with E-state index in [2.05, 4.69) is 53.7 Å². The van der Waals surface area contributed by atoms with E-state index in [1.807, 2.05) is 6.92 Å². The van der Waals surface area contributed by atoms with Crippen molar-refractivity contribution in [3.05, 3.63) is 57.4 Å². The Bertz CT molecular complexity index is 1130. The maximum atomic E-state index is 12.6. The molecule has 0 amide bonds. The zero-order valence-electron chi connectivity index (χ0n) is 21.0. The summed E-state index contributed by atoms with van der Waals surface area (Å²) in [5.41, 5.74) is 5.50. The molecule has 0 unspecified atom stereocenters. The van der Waals surface area contributed by atoms with Crippen LogP contribution in [0.1, 0.15) is 74.1 Å². The highest BCUT2D eigenvalue weighted by Gasteiger charge is 2.64. The zero-order valence-corrected chi connectivity index (χ0v) is 21.0. The van der Waals surface area contributed by atoms with Crippen molar-refractivity contribution in [1.29, 1.82) is 0 Å². The van der Waals surface area contributed by atoms with Gasteiger partial charge in [0, 0.05) is 16.4 Å². The lowest BCUT2D eigenvalue weighted by molar-refractivity contribution is -0.195. The molecule has 0 aromatic heterocycles. The van der Waals surface area contributed by atoms with E-state index in [1.165, 1.54) is 16.7 Å². The monoisotopic (exact) mass is 450 g/mol. The van der Waals surface area contributed by atoms with Crippen LogP contribution in [0, 0.1) is 27.6 Å². The van der Waals surface area contributed by atoms with Gasteiger partial charge in [-0.2, -0.15) is 0 Å². The molecule has 0 aromatic rings. The lowest BCUT2D eigenvalue weighted by atomic mass is 9.40. The minimum absolute atomic E-state index is 0.113. The Hall–Kier alpha value is -1.91. The molecule has 2 fully saturated rings. The average molecular weight is 451 g/mol. The first-order valence-corrected chi connectivity index (χ1v) is 12.3. The van der Waals surface area contributed by atoms with Crippen LogP contribution in [0.4, 0.5) is 0 Å². The maximum Gasteiger partial charge on any atom is 0.220 e. The Morgan fingerprint density at radius 1 is 0.939 bits per heavy atom. The molecule has 33 heavy (non-hydrogen) atoms. The smallest absolute Gasteiger partial charge is 0.220 e. The molecule has 178 valence electrons. The van der Waals surface area contributed by atoms with Gasteiger partial charge in [-0.05, 0) is 84.6 Å². The van der Waals surface area contributed by atoms with Crippen molar-refractivity contribution in [2.24, 2.45) is 27.6 Å². The first-order chi connectivity index (χ1) is 15.2. The topological polar surface area (TPSA) is 77.8 Å². The second-order valence-electron chi connectivity index (χ2n) is 12.8. The number of aliphatic hydroxyl groups is 3. The standard InChI is InChI=1S/C29H38O4/c1-15-13-29(7)21(14-26(3,4)24(32)25(29)33)28(6)11-10-27(5)18(22(15)28)9-8-17-16(2)23(31)20(30)12-19(17)27/h8-9,12,21,24-25,31-33H,10-11,13-14H2,1-7H3/t21-,24-,25+,27+,28-,29+/m0/s1. The van der Waals surface area contributed by atoms with E-state index in [9.17, 15) is 20.1 Å². The Labute approximate surface area is 197 Å². The second-order valence-corrected chi connectivity index (χ2v) is 12.8. The van der Waals surface area contributed by atoms with E-state index >= 15 is 0 Å². The number of carbonyl (C=O) groups is 1. The number of aliphatic hydroxyl groups excluding tert-OH is 3. The Kier molecular flexibility index (Phi) is 4.58. The molecule has 0 bridgehead atoms. The lowest BCUT2D eigenvalue weighted by Crippen LogP contribution is -2.63. The van der Waals surface area contributed by atoms with Gasteiger partial charge >= 0.3 is 0 Å². The normalized spacial score (nSPS) is 44.2. The third-order valence-electron chi connectivity index (χ3n) is 10.3. The molecule has 6 atom stereocenters. The van der Waals surface area contributed by atoms with Crippen molar-refractivity contribution < 1.29 is 20.1 Å². The average Bonchev–Trinajstić information content (AvgIpc) is 2.73. The minimum atomic E-state index is -0.755. The van der Waals surface area contributed by atoms with Crippen molar-refractivity contribution in [2.75, 3.05) is 0 Å². The molecule has 4 heteroatoms. The second kappa shape index (κ2) is 6.60. The molecule has 0 saturated heterocycles. The van der Waals surface area contributed by atoms with E-state index in [0.717, 1.165) is 36.8 Å². The van der Waals surface area contributed by atoms with Crippen LogP contribution in [0.2, 0.25) is 0 Å². The molecule has 0 spiro atoms. The van der Waals surface area contributed by atoms with Gasteiger partial charge in [0.2, 0.25) is 5.78 Å². The van der Waals surface area contributed by atoms with E-state index < -0.39 is 12.2 Å².